The van der Waals surface area contributed by atoms with Crippen molar-refractivity contribution in [1.82, 2.24) is 9.78 Å². The van der Waals surface area contributed by atoms with E-state index < -0.39 is 0 Å². The summed E-state index contributed by atoms with van der Waals surface area (Å²) in [6, 6.07) is 8.58. The molecule has 0 aliphatic heterocycles. The van der Waals surface area contributed by atoms with E-state index in [-0.39, 0.29) is 0 Å². The van der Waals surface area contributed by atoms with Gasteiger partial charge in [0.1, 0.15) is 0 Å². The normalized spacial score (nSPS) is 10.4. The molecule has 2 heteroatoms. The summed E-state index contributed by atoms with van der Waals surface area (Å²) in [7, 11) is 0. The number of aryl methyl sites for hydroxylation is 1. The molecule has 0 aliphatic carbocycles. The zero-order chi connectivity index (χ0) is 16.7. The first-order valence-corrected chi connectivity index (χ1v) is 8.66. The molecule has 0 bridgehead atoms. The second-order valence-electron chi connectivity index (χ2n) is 6.39. The number of benzene rings is 1. The lowest BCUT2D eigenvalue weighted by atomic mass is 9.96. The van der Waals surface area contributed by atoms with Gasteiger partial charge in [0.25, 0.3) is 0 Å². The fourth-order valence-corrected chi connectivity index (χ4v) is 2.79. The Bertz CT molecular complexity index is 683. The molecular weight excluding hydrogens is 280 g/mol. The molecule has 0 radical (unpaired) electrons. The summed E-state index contributed by atoms with van der Waals surface area (Å²) >= 11 is 0. The van der Waals surface area contributed by atoms with E-state index in [2.05, 4.69) is 56.7 Å². The van der Waals surface area contributed by atoms with Crippen LogP contribution in [-0.2, 0) is 0 Å². The first-order chi connectivity index (χ1) is 11.1. The summed E-state index contributed by atoms with van der Waals surface area (Å²) in [4.78, 5) is 0. The van der Waals surface area contributed by atoms with Gasteiger partial charge in [-0.05, 0) is 56.9 Å². The Morgan fingerprint density at radius 3 is 2.65 bits per heavy atom. The summed E-state index contributed by atoms with van der Waals surface area (Å²) in [5, 5.41) is 4.43. The minimum absolute atomic E-state index is 1.07. The van der Waals surface area contributed by atoms with Crippen LogP contribution < -0.4 is 0 Å². The van der Waals surface area contributed by atoms with Crippen LogP contribution in [0.5, 0.6) is 0 Å². The van der Waals surface area contributed by atoms with Crippen molar-refractivity contribution < 1.29 is 0 Å². The number of allylic oxidation sites excluding steroid dienone is 1. The van der Waals surface area contributed by atoms with Crippen LogP contribution in [0.3, 0.4) is 0 Å². The largest absolute Gasteiger partial charge is 0.240 e. The first kappa shape index (κ1) is 17.3. The molecule has 0 N–H and O–H groups in total. The predicted octanol–water partition coefficient (Wildman–Crippen LogP) is 6.10. The zero-order valence-electron chi connectivity index (χ0n) is 14.9. The molecule has 0 fully saturated rings. The Labute approximate surface area is 140 Å². The maximum atomic E-state index is 4.43. The summed E-state index contributed by atoms with van der Waals surface area (Å²) in [6.45, 7) is 8.62. The van der Waals surface area contributed by atoms with E-state index in [0.29, 0.717) is 0 Å². The number of rotatable bonds is 7. The standard InChI is InChI=1S/C21H28N2/c1-5-6-7-8-10-19(15-17(2)3)20-12-11-18(4)16-21(20)23-14-9-13-22-23/h9,11-14,16H,5-8,10H2,1-4H3. The SMILES string of the molecule is CCCCCCC(=C=C(C)C)c1ccc(C)cc1-n1cccn1. The van der Waals surface area contributed by atoms with Gasteiger partial charge in [-0.2, -0.15) is 5.10 Å². The summed E-state index contributed by atoms with van der Waals surface area (Å²) in [6.07, 6.45) is 9.99. The molecule has 0 unspecified atom stereocenters. The lowest BCUT2D eigenvalue weighted by Gasteiger charge is -2.13. The van der Waals surface area contributed by atoms with Crippen molar-refractivity contribution in [2.45, 2.75) is 59.8 Å². The Morgan fingerprint density at radius 1 is 1.17 bits per heavy atom. The summed E-state index contributed by atoms with van der Waals surface area (Å²) in [5.41, 5.74) is 9.76. The van der Waals surface area contributed by atoms with Crippen molar-refractivity contribution in [3.05, 3.63) is 59.1 Å². The highest BCUT2D eigenvalue weighted by Gasteiger charge is 2.10. The number of nitrogens with zero attached hydrogens (tertiary/aromatic N) is 2. The molecule has 0 amide bonds. The monoisotopic (exact) mass is 308 g/mol. The average molecular weight is 308 g/mol. The van der Waals surface area contributed by atoms with E-state index in [9.17, 15) is 0 Å². The zero-order valence-corrected chi connectivity index (χ0v) is 14.9. The van der Waals surface area contributed by atoms with E-state index in [0.717, 1.165) is 12.1 Å². The van der Waals surface area contributed by atoms with Gasteiger partial charge in [0, 0.05) is 23.5 Å². The van der Waals surface area contributed by atoms with Gasteiger partial charge in [-0.1, -0.05) is 38.3 Å². The van der Waals surface area contributed by atoms with Gasteiger partial charge in [-0.25, -0.2) is 4.68 Å². The second-order valence-corrected chi connectivity index (χ2v) is 6.39. The average Bonchev–Trinajstić information content (AvgIpc) is 3.04. The van der Waals surface area contributed by atoms with E-state index >= 15 is 0 Å². The van der Waals surface area contributed by atoms with Crippen LogP contribution >= 0.6 is 0 Å². The Hall–Kier alpha value is -2.05. The van der Waals surface area contributed by atoms with Gasteiger partial charge in [-0.3, -0.25) is 0 Å². The number of unbranched alkanes of at least 4 members (excludes halogenated alkanes) is 3. The minimum Gasteiger partial charge on any atom is -0.240 e. The van der Waals surface area contributed by atoms with E-state index in [1.807, 2.05) is 23.1 Å². The minimum atomic E-state index is 1.07. The maximum Gasteiger partial charge on any atom is 0.0729 e. The molecule has 122 valence electrons. The van der Waals surface area contributed by atoms with Crippen LogP contribution in [0.1, 0.15) is 64.0 Å². The Morgan fingerprint density at radius 2 is 2.00 bits per heavy atom. The molecule has 1 aromatic carbocycles. The van der Waals surface area contributed by atoms with Crippen molar-refractivity contribution in [1.29, 1.82) is 0 Å². The van der Waals surface area contributed by atoms with Gasteiger partial charge in [-0.15, -0.1) is 5.73 Å². The Balaban J connectivity index is 2.41. The molecule has 0 spiro atoms. The topological polar surface area (TPSA) is 17.8 Å². The fourth-order valence-electron chi connectivity index (χ4n) is 2.79. The molecule has 1 aromatic heterocycles. The fraction of sp³-hybridized carbons (Fsp3) is 0.429. The van der Waals surface area contributed by atoms with Gasteiger partial charge in [0.2, 0.25) is 0 Å². The quantitative estimate of drug-likeness (QED) is 0.446. The lowest BCUT2D eigenvalue weighted by molar-refractivity contribution is 0.678. The van der Waals surface area contributed by atoms with Gasteiger partial charge in [0.15, 0.2) is 0 Å². The van der Waals surface area contributed by atoms with Crippen LogP contribution in [-0.4, -0.2) is 9.78 Å². The third-order valence-electron chi connectivity index (χ3n) is 3.91. The smallest absolute Gasteiger partial charge is 0.0729 e. The van der Waals surface area contributed by atoms with Crippen molar-refractivity contribution in [2.75, 3.05) is 0 Å². The molecule has 2 rings (SSSR count). The predicted molar refractivity (Wildman–Crippen MR) is 98.8 cm³/mol. The van der Waals surface area contributed by atoms with Crippen LogP contribution in [0.15, 0.2) is 48.0 Å². The third kappa shape index (κ3) is 4.97. The van der Waals surface area contributed by atoms with Crippen LogP contribution in [0.4, 0.5) is 0 Å². The summed E-state index contributed by atoms with van der Waals surface area (Å²) < 4.78 is 1.96. The van der Waals surface area contributed by atoms with Crippen molar-refractivity contribution in [2.24, 2.45) is 0 Å². The molecule has 0 saturated carbocycles. The highest BCUT2D eigenvalue weighted by atomic mass is 15.3. The molecule has 23 heavy (non-hydrogen) atoms. The molecule has 2 aromatic rings. The highest BCUT2D eigenvalue weighted by Crippen LogP contribution is 2.27. The van der Waals surface area contributed by atoms with Crippen molar-refractivity contribution in [3.8, 4) is 5.69 Å². The Kier molecular flexibility index (Phi) is 6.43. The van der Waals surface area contributed by atoms with Gasteiger partial charge in [0.05, 0.1) is 5.69 Å². The van der Waals surface area contributed by atoms with E-state index in [1.165, 1.54) is 48.0 Å². The van der Waals surface area contributed by atoms with Crippen molar-refractivity contribution in [3.63, 3.8) is 0 Å². The van der Waals surface area contributed by atoms with E-state index in [1.54, 1.807) is 0 Å². The molecule has 2 nitrogen and oxygen atoms in total. The lowest BCUT2D eigenvalue weighted by Crippen LogP contribution is -2.00. The van der Waals surface area contributed by atoms with Crippen LogP contribution in [0, 0.1) is 6.92 Å². The van der Waals surface area contributed by atoms with Crippen LogP contribution in [0.25, 0.3) is 11.3 Å². The number of hydrogen-bond donors (Lipinski definition) is 0. The number of hydrogen-bond acceptors (Lipinski definition) is 1. The molecule has 0 aliphatic rings. The first-order valence-electron chi connectivity index (χ1n) is 8.66. The second kappa shape index (κ2) is 8.55. The third-order valence-corrected chi connectivity index (χ3v) is 3.91. The number of aromatic nitrogens is 2. The molecular formula is C21H28N2. The van der Waals surface area contributed by atoms with E-state index in [4.69, 9.17) is 0 Å². The maximum absolute atomic E-state index is 4.43. The van der Waals surface area contributed by atoms with Crippen molar-refractivity contribution >= 4 is 5.57 Å². The molecule has 0 saturated heterocycles. The summed E-state index contributed by atoms with van der Waals surface area (Å²) in [5.74, 6) is 0. The van der Waals surface area contributed by atoms with Gasteiger partial charge < -0.3 is 0 Å². The molecule has 1 heterocycles. The highest BCUT2D eigenvalue weighted by molar-refractivity contribution is 5.72. The van der Waals surface area contributed by atoms with Crippen LogP contribution in [0.2, 0.25) is 0 Å². The molecule has 0 atom stereocenters. The van der Waals surface area contributed by atoms with Gasteiger partial charge >= 0.3 is 0 Å².